The van der Waals surface area contributed by atoms with Gasteiger partial charge in [-0.3, -0.25) is 0 Å². The number of hydrogen-bond donors (Lipinski definition) is 2. The fourth-order valence-corrected chi connectivity index (χ4v) is 1.59. The average molecular weight is 241 g/mol. The van der Waals surface area contributed by atoms with Crippen molar-refractivity contribution in [3.8, 4) is 6.07 Å². The Morgan fingerprint density at radius 3 is 2.61 bits per heavy atom. The van der Waals surface area contributed by atoms with E-state index in [0.29, 0.717) is 16.9 Å². The fourth-order valence-electron chi connectivity index (χ4n) is 1.59. The first-order valence-electron chi connectivity index (χ1n) is 5.43. The molecule has 0 saturated carbocycles. The molecule has 0 radical (unpaired) electrons. The summed E-state index contributed by atoms with van der Waals surface area (Å²) in [6.45, 7) is 1.88. The Bertz CT molecular complexity index is 629. The number of rotatable bonds is 2. The quantitative estimate of drug-likeness (QED) is 0.793. The molecule has 0 fully saturated rings. The maximum Gasteiger partial charge on any atom is 0.147 e. The summed E-state index contributed by atoms with van der Waals surface area (Å²) in [5.41, 5.74) is 8.72. The van der Waals surface area contributed by atoms with Gasteiger partial charge >= 0.3 is 0 Å². The van der Waals surface area contributed by atoms with E-state index in [-0.39, 0.29) is 0 Å². The van der Waals surface area contributed by atoms with Crippen LogP contribution >= 0.6 is 0 Å². The number of hydrogen-bond acceptors (Lipinski definition) is 3. The number of nitrogens with zero attached hydrogens (tertiary/aromatic N) is 1. The van der Waals surface area contributed by atoms with Crippen LogP contribution < -0.4 is 11.1 Å². The van der Waals surface area contributed by atoms with Gasteiger partial charge < -0.3 is 11.1 Å². The molecule has 0 aliphatic carbocycles. The number of aryl methyl sites for hydroxylation is 1. The predicted octanol–water partition coefficient (Wildman–Crippen LogP) is 3.33. The average Bonchev–Trinajstić information content (AvgIpc) is 2.36. The molecule has 0 aliphatic heterocycles. The summed E-state index contributed by atoms with van der Waals surface area (Å²) in [5, 5.41) is 11.6. The largest absolute Gasteiger partial charge is 0.399 e. The van der Waals surface area contributed by atoms with Gasteiger partial charge in [-0.15, -0.1) is 0 Å². The molecule has 90 valence electrons. The Kier molecular flexibility index (Phi) is 3.16. The van der Waals surface area contributed by atoms with Gasteiger partial charge in [0.15, 0.2) is 0 Å². The molecule has 0 heterocycles. The number of nitrogen functional groups attached to an aromatic ring is 1. The second-order valence-electron chi connectivity index (χ2n) is 4.00. The highest BCUT2D eigenvalue weighted by Gasteiger charge is 2.04. The van der Waals surface area contributed by atoms with E-state index in [1.165, 1.54) is 6.07 Å². The minimum absolute atomic E-state index is 0.298. The summed E-state index contributed by atoms with van der Waals surface area (Å²) < 4.78 is 13.7. The molecule has 2 aromatic rings. The van der Waals surface area contributed by atoms with Crippen LogP contribution in [0.25, 0.3) is 0 Å². The molecule has 0 unspecified atom stereocenters. The summed E-state index contributed by atoms with van der Waals surface area (Å²) in [4.78, 5) is 0. The van der Waals surface area contributed by atoms with Gasteiger partial charge in [0.05, 0.1) is 17.3 Å². The predicted molar refractivity (Wildman–Crippen MR) is 70.0 cm³/mol. The number of halogens is 1. The van der Waals surface area contributed by atoms with Crippen LogP contribution in [0.3, 0.4) is 0 Å². The third-order valence-electron chi connectivity index (χ3n) is 2.65. The summed E-state index contributed by atoms with van der Waals surface area (Å²) in [7, 11) is 0. The molecule has 0 atom stereocenters. The summed E-state index contributed by atoms with van der Waals surface area (Å²) in [6.07, 6.45) is 0. The molecule has 2 aromatic carbocycles. The second kappa shape index (κ2) is 4.76. The fraction of sp³-hybridized carbons (Fsp3) is 0.0714. The van der Waals surface area contributed by atoms with E-state index in [1.54, 1.807) is 24.3 Å². The summed E-state index contributed by atoms with van der Waals surface area (Å²) >= 11 is 0. The van der Waals surface area contributed by atoms with Gasteiger partial charge in [0.2, 0.25) is 0 Å². The van der Waals surface area contributed by atoms with Crippen molar-refractivity contribution in [1.29, 1.82) is 5.26 Å². The van der Waals surface area contributed by atoms with Crippen LogP contribution in [0.5, 0.6) is 0 Å². The highest BCUT2D eigenvalue weighted by Crippen LogP contribution is 2.23. The first-order chi connectivity index (χ1) is 8.60. The van der Waals surface area contributed by atoms with Crippen LogP contribution in [0.4, 0.5) is 21.5 Å². The van der Waals surface area contributed by atoms with Gasteiger partial charge in [0.25, 0.3) is 0 Å². The van der Waals surface area contributed by atoms with E-state index in [4.69, 9.17) is 11.0 Å². The van der Waals surface area contributed by atoms with E-state index in [0.717, 1.165) is 11.3 Å². The maximum absolute atomic E-state index is 13.7. The van der Waals surface area contributed by atoms with Crippen molar-refractivity contribution in [3.05, 3.63) is 53.3 Å². The first kappa shape index (κ1) is 11.9. The lowest BCUT2D eigenvalue weighted by molar-refractivity contribution is 0.631. The molecule has 4 heteroatoms. The normalized spacial score (nSPS) is 9.83. The molecule has 18 heavy (non-hydrogen) atoms. The van der Waals surface area contributed by atoms with Crippen LogP contribution in [0.2, 0.25) is 0 Å². The highest BCUT2D eigenvalue weighted by atomic mass is 19.1. The topological polar surface area (TPSA) is 61.8 Å². The Balaban J connectivity index is 2.29. The molecule has 0 bridgehead atoms. The van der Waals surface area contributed by atoms with Crippen LogP contribution in [0.1, 0.15) is 11.1 Å². The van der Waals surface area contributed by atoms with Gasteiger partial charge in [-0.2, -0.15) is 5.26 Å². The number of benzene rings is 2. The number of anilines is 3. The van der Waals surface area contributed by atoms with E-state index in [1.807, 2.05) is 19.1 Å². The van der Waals surface area contributed by atoms with Crippen molar-refractivity contribution in [2.45, 2.75) is 6.92 Å². The molecular weight excluding hydrogens is 229 g/mol. The van der Waals surface area contributed by atoms with E-state index in [2.05, 4.69) is 5.32 Å². The Morgan fingerprint density at radius 2 is 2.00 bits per heavy atom. The monoisotopic (exact) mass is 241 g/mol. The molecule has 0 aliphatic rings. The van der Waals surface area contributed by atoms with Crippen molar-refractivity contribution in [2.75, 3.05) is 11.1 Å². The molecule has 0 saturated heterocycles. The number of nitrogens with two attached hydrogens (primary N) is 1. The third-order valence-corrected chi connectivity index (χ3v) is 2.65. The molecule has 0 spiro atoms. The van der Waals surface area contributed by atoms with Crippen molar-refractivity contribution >= 4 is 17.1 Å². The zero-order valence-corrected chi connectivity index (χ0v) is 9.87. The van der Waals surface area contributed by atoms with Gasteiger partial charge in [-0.1, -0.05) is 0 Å². The van der Waals surface area contributed by atoms with Crippen molar-refractivity contribution in [1.82, 2.24) is 0 Å². The second-order valence-corrected chi connectivity index (χ2v) is 4.00. The minimum Gasteiger partial charge on any atom is -0.399 e. The van der Waals surface area contributed by atoms with Crippen LogP contribution in [-0.2, 0) is 0 Å². The van der Waals surface area contributed by atoms with Crippen molar-refractivity contribution < 1.29 is 4.39 Å². The van der Waals surface area contributed by atoms with Crippen molar-refractivity contribution in [2.24, 2.45) is 0 Å². The maximum atomic E-state index is 13.7. The smallest absolute Gasteiger partial charge is 0.147 e. The highest BCUT2D eigenvalue weighted by molar-refractivity contribution is 5.65. The van der Waals surface area contributed by atoms with E-state index in [9.17, 15) is 4.39 Å². The number of nitriles is 1. The lowest BCUT2D eigenvalue weighted by Crippen LogP contribution is -1.96. The van der Waals surface area contributed by atoms with Gasteiger partial charge in [0, 0.05) is 11.4 Å². The van der Waals surface area contributed by atoms with Crippen LogP contribution in [0, 0.1) is 24.1 Å². The minimum atomic E-state index is -0.455. The SMILES string of the molecule is Cc1cc(Nc2ccc(C#N)cc2F)ccc1N. The molecule has 3 N–H and O–H groups in total. The van der Waals surface area contributed by atoms with Gasteiger partial charge in [-0.05, 0) is 48.9 Å². The Hall–Kier alpha value is -2.54. The van der Waals surface area contributed by atoms with Gasteiger partial charge in [-0.25, -0.2) is 4.39 Å². The molecule has 2 rings (SSSR count). The standard InChI is InChI=1S/C14H12FN3/c1-9-6-11(3-4-13(9)17)18-14-5-2-10(8-16)7-12(14)15/h2-7,18H,17H2,1H3. The van der Waals surface area contributed by atoms with Gasteiger partial charge in [0.1, 0.15) is 5.82 Å². The molecule has 0 amide bonds. The first-order valence-corrected chi connectivity index (χ1v) is 5.43. The van der Waals surface area contributed by atoms with Crippen LogP contribution in [0.15, 0.2) is 36.4 Å². The molecular formula is C14H12FN3. The molecule has 0 aromatic heterocycles. The zero-order valence-electron chi connectivity index (χ0n) is 9.87. The van der Waals surface area contributed by atoms with Crippen molar-refractivity contribution in [3.63, 3.8) is 0 Å². The lowest BCUT2D eigenvalue weighted by Gasteiger charge is -2.09. The Morgan fingerprint density at radius 1 is 1.22 bits per heavy atom. The van der Waals surface area contributed by atoms with E-state index >= 15 is 0 Å². The lowest BCUT2D eigenvalue weighted by atomic mass is 10.1. The van der Waals surface area contributed by atoms with Crippen LogP contribution in [-0.4, -0.2) is 0 Å². The summed E-state index contributed by atoms with van der Waals surface area (Å²) in [6, 6.07) is 11.6. The Labute approximate surface area is 105 Å². The number of nitrogens with one attached hydrogen (secondary N) is 1. The molecule has 3 nitrogen and oxygen atoms in total. The van der Waals surface area contributed by atoms with E-state index < -0.39 is 5.82 Å². The zero-order chi connectivity index (χ0) is 13.1. The third kappa shape index (κ3) is 2.41. The summed E-state index contributed by atoms with van der Waals surface area (Å²) in [5.74, 6) is -0.455.